The van der Waals surface area contributed by atoms with Crippen LogP contribution in [0.5, 0.6) is 0 Å². The van der Waals surface area contributed by atoms with Crippen LogP contribution in [-0.2, 0) is 9.59 Å². The van der Waals surface area contributed by atoms with Crippen molar-refractivity contribution in [2.45, 2.75) is 24.9 Å². The summed E-state index contributed by atoms with van der Waals surface area (Å²) in [6, 6.07) is 4.97. The number of rotatable bonds is 6. The lowest BCUT2D eigenvalue weighted by Gasteiger charge is -2.26. The number of carbonyl (C=O) groups is 2. The van der Waals surface area contributed by atoms with Gasteiger partial charge in [-0.25, -0.2) is 4.39 Å². The number of nitrogens with two attached hydrogens (primary N) is 1. The summed E-state index contributed by atoms with van der Waals surface area (Å²) in [7, 11) is 1.59. The molecule has 1 aliphatic heterocycles. The summed E-state index contributed by atoms with van der Waals surface area (Å²) in [5, 5.41) is 0. The lowest BCUT2D eigenvalue weighted by molar-refractivity contribution is -0.137. The maximum Gasteiger partial charge on any atom is 0.249 e. The zero-order valence-corrected chi connectivity index (χ0v) is 14.2. The minimum atomic E-state index is -0.609. The van der Waals surface area contributed by atoms with Gasteiger partial charge in [0.05, 0.1) is 11.7 Å². The van der Waals surface area contributed by atoms with Crippen molar-refractivity contribution in [3.63, 3.8) is 0 Å². The van der Waals surface area contributed by atoms with E-state index in [0.29, 0.717) is 19.4 Å². The SMILES string of the molecule is CSCC[C@H](N)C(=O)N(C)C1CCN(c2ccccc2F)C1=O. The number of anilines is 1. The summed E-state index contributed by atoms with van der Waals surface area (Å²) in [6.07, 6.45) is 3.00. The largest absolute Gasteiger partial charge is 0.332 e. The molecular formula is C16H22FN3O2S. The van der Waals surface area contributed by atoms with Crippen LogP contribution in [0.4, 0.5) is 10.1 Å². The molecule has 0 bridgehead atoms. The molecule has 23 heavy (non-hydrogen) atoms. The zero-order valence-electron chi connectivity index (χ0n) is 13.4. The Balaban J connectivity index is 2.06. The Hall–Kier alpha value is -1.60. The van der Waals surface area contributed by atoms with E-state index in [1.807, 2.05) is 6.26 Å². The lowest BCUT2D eigenvalue weighted by Crippen LogP contribution is -2.49. The molecule has 0 saturated carbocycles. The van der Waals surface area contributed by atoms with Crippen molar-refractivity contribution >= 4 is 29.3 Å². The Bertz CT molecular complexity index is 584. The fourth-order valence-electron chi connectivity index (χ4n) is 2.72. The molecular weight excluding hydrogens is 317 g/mol. The summed E-state index contributed by atoms with van der Waals surface area (Å²) in [5.74, 6) is -0.149. The molecule has 0 radical (unpaired) electrons. The topological polar surface area (TPSA) is 66.6 Å². The Labute approximate surface area is 140 Å². The first-order chi connectivity index (χ1) is 11.0. The number of nitrogens with zero attached hydrogens (tertiary/aromatic N) is 2. The molecule has 5 nitrogen and oxygen atoms in total. The van der Waals surface area contributed by atoms with Crippen molar-refractivity contribution in [1.82, 2.24) is 4.90 Å². The number of hydrogen-bond donors (Lipinski definition) is 1. The van der Waals surface area contributed by atoms with Gasteiger partial charge < -0.3 is 15.5 Å². The Kier molecular flexibility index (Phi) is 6.01. The van der Waals surface area contributed by atoms with Gasteiger partial charge in [-0.2, -0.15) is 11.8 Å². The molecule has 7 heteroatoms. The normalized spacial score (nSPS) is 19.0. The van der Waals surface area contributed by atoms with Gasteiger partial charge in [0.15, 0.2) is 0 Å². The smallest absolute Gasteiger partial charge is 0.249 e. The second kappa shape index (κ2) is 7.79. The fraction of sp³-hybridized carbons (Fsp3) is 0.500. The van der Waals surface area contributed by atoms with Crippen LogP contribution in [-0.4, -0.2) is 54.4 Å². The molecule has 0 spiro atoms. The summed E-state index contributed by atoms with van der Waals surface area (Å²) in [4.78, 5) is 27.7. The van der Waals surface area contributed by atoms with E-state index in [9.17, 15) is 14.0 Å². The summed E-state index contributed by atoms with van der Waals surface area (Å²) >= 11 is 1.62. The van der Waals surface area contributed by atoms with Crippen molar-refractivity contribution in [2.24, 2.45) is 5.73 Å². The van der Waals surface area contributed by atoms with E-state index in [0.717, 1.165) is 5.75 Å². The van der Waals surface area contributed by atoms with Gasteiger partial charge in [-0.15, -0.1) is 0 Å². The highest BCUT2D eigenvalue weighted by Gasteiger charge is 2.38. The highest BCUT2D eigenvalue weighted by Crippen LogP contribution is 2.26. The van der Waals surface area contributed by atoms with Crippen molar-refractivity contribution < 1.29 is 14.0 Å². The second-order valence-electron chi connectivity index (χ2n) is 5.58. The van der Waals surface area contributed by atoms with Crippen molar-refractivity contribution in [3.05, 3.63) is 30.1 Å². The first-order valence-electron chi connectivity index (χ1n) is 7.54. The van der Waals surface area contributed by atoms with Crippen LogP contribution in [0.15, 0.2) is 24.3 Å². The van der Waals surface area contributed by atoms with E-state index >= 15 is 0 Å². The average molecular weight is 339 g/mol. The fourth-order valence-corrected chi connectivity index (χ4v) is 3.21. The molecule has 1 aliphatic rings. The minimum Gasteiger partial charge on any atom is -0.332 e. The third-order valence-electron chi connectivity index (χ3n) is 4.09. The van der Waals surface area contributed by atoms with Gasteiger partial charge in [-0.3, -0.25) is 9.59 Å². The standard InChI is InChI=1S/C16H22FN3O2S/c1-19(15(21)12(18)8-10-23-2)14-7-9-20(16(14)22)13-6-4-3-5-11(13)17/h3-6,12,14H,7-10,18H2,1-2H3/t12-,14?/m0/s1. The first-order valence-corrected chi connectivity index (χ1v) is 8.93. The highest BCUT2D eigenvalue weighted by molar-refractivity contribution is 7.98. The third kappa shape index (κ3) is 3.84. The monoisotopic (exact) mass is 339 g/mol. The van der Waals surface area contributed by atoms with Gasteiger partial charge >= 0.3 is 0 Å². The Morgan fingerprint density at radius 2 is 2.22 bits per heavy atom. The first kappa shape index (κ1) is 17.7. The van der Waals surface area contributed by atoms with Gasteiger partial charge in [0, 0.05) is 13.6 Å². The molecule has 1 heterocycles. The molecule has 1 fully saturated rings. The van der Waals surface area contributed by atoms with Crippen LogP contribution in [0, 0.1) is 5.82 Å². The quantitative estimate of drug-likeness (QED) is 0.852. The number of halogens is 1. The van der Waals surface area contributed by atoms with Gasteiger partial charge in [0.1, 0.15) is 11.9 Å². The number of thioether (sulfide) groups is 1. The molecule has 1 saturated heterocycles. The molecule has 2 rings (SSSR count). The van der Waals surface area contributed by atoms with E-state index in [2.05, 4.69) is 0 Å². The number of carbonyl (C=O) groups excluding carboxylic acids is 2. The van der Waals surface area contributed by atoms with Gasteiger partial charge in [0.2, 0.25) is 11.8 Å². The van der Waals surface area contributed by atoms with E-state index in [1.54, 1.807) is 37.0 Å². The van der Waals surface area contributed by atoms with Crippen LogP contribution in [0.25, 0.3) is 0 Å². The molecule has 2 N–H and O–H groups in total. The average Bonchev–Trinajstić information content (AvgIpc) is 2.93. The Morgan fingerprint density at radius 3 is 2.87 bits per heavy atom. The maximum atomic E-state index is 13.9. The zero-order chi connectivity index (χ0) is 17.0. The minimum absolute atomic E-state index is 0.243. The van der Waals surface area contributed by atoms with Crippen molar-refractivity contribution in [3.8, 4) is 0 Å². The second-order valence-corrected chi connectivity index (χ2v) is 6.57. The van der Waals surface area contributed by atoms with E-state index in [4.69, 9.17) is 5.73 Å². The Morgan fingerprint density at radius 1 is 1.52 bits per heavy atom. The van der Waals surface area contributed by atoms with Crippen LogP contribution in [0.1, 0.15) is 12.8 Å². The van der Waals surface area contributed by atoms with Crippen LogP contribution >= 0.6 is 11.8 Å². The molecule has 0 aliphatic carbocycles. The summed E-state index contributed by atoms with van der Waals surface area (Å²) < 4.78 is 13.9. The molecule has 2 amide bonds. The van der Waals surface area contributed by atoms with E-state index in [-0.39, 0.29) is 17.5 Å². The lowest BCUT2D eigenvalue weighted by atomic mass is 10.1. The number of benzene rings is 1. The van der Waals surface area contributed by atoms with Gasteiger partial charge in [-0.05, 0) is 37.0 Å². The van der Waals surface area contributed by atoms with Crippen molar-refractivity contribution in [1.29, 1.82) is 0 Å². The van der Waals surface area contributed by atoms with Crippen LogP contribution in [0.2, 0.25) is 0 Å². The molecule has 126 valence electrons. The van der Waals surface area contributed by atoms with Crippen LogP contribution in [0.3, 0.4) is 0 Å². The number of amides is 2. The van der Waals surface area contributed by atoms with E-state index < -0.39 is 17.9 Å². The maximum absolute atomic E-state index is 13.9. The molecule has 2 atom stereocenters. The van der Waals surface area contributed by atoms with Crippen LogP contribution < -0.4 is 10.6 Å². The molecule has 1 aromatic carbocycles. The molecule has 1 aromatic rings. The van der Waals surface area contributed by atoms with E-state index in [1.165, 1.54) is 15.9 Å². The number of hydrogen-bond acceptors (Lipinski definition) is 4. The number of likely N-dealkylation sites (N-methyl/N-ethyl adjacent to an activating group) is 1. The van der Waals surface area contributed by atoms with Gasteiger partial charge in [0.25, 0.3) is 0 Å². The predicted octanol–water partition coefficient (Wildman–Crippen LogP) is 1.47. The van der Waals surface area contributed by atoms with Gasteiger partial charge in [-0.1, -0.05) is 12.1 Å². The predicted molar refractivity (Wildman–Crippen MR) is 90.9 cm³/mol. The third-order valence-corrected chi connectivity index (χ3v) is 4.73. The highest BCUT2D eigenvalue weighted by atomic mass is 32.2. The summed E-state index contributed by atoms with van der Waals surface area (Å²) in [5.41, 5.74) is 6.15. The molecule has 0 aromatic heterocycles. The van der Waals surface area contributed by atoms with Crippen molar-refractivity contribution in [2.75, 3.05) is 30.5 Å². The molecule has 1 unspecified atom stereocenters. The summed E-state index contributed by atoms with van der Waals surface area (Å²) in [6.45, 7) is 0.391. The number of para-hydroxylation sites is 1.